The molecule has 7 nitrogen and oxygen atoms in total. The van der Waals surface area contributed by atoms with Crippen LogP contribution in [0.4, 0.5) is 0 Å². The molecule has 152 valence electrons. The maximum Gasteiger partial charge on any atom is 0.287 e. The third-order valence-electron chi connectivity index (χ3n) is 5.47. The summed E-state index contributed by atoms with van der Waals surface area (Å²) in [5.41, 5.74) is 0. The van der Waals surface area contributed by atoms with Crippen molar-refractivity contribution in [2.24, 2.45) is 5.92 Å². The number of hydrogen-bond acceptors (Lipinski definition) is 5. The molecule has 1 aromatic rings. The predicted molar refractivity (Wildman–Crippen MR) is 101 cm³/mol. The summed E-state index contributed by atoms with van der Waals surface area (Å²) in [6.45, 7) is 4.02. The molecule has 8 heteroatoms. The molecule has 27 heavy (non-hydrogen) atoms. The largest absolute Gasteiger partial charge is 0.438 e. The number of rotatable bonds is 7. The standard InChI is InChI=1S/C19H30N2O5S/c1-15-7-3-4-8-16(15)25-14-11-20-19(22)17-9-10-18(26-17)27(23,24)21-12-5-2-6-13-21/h9-10,15-16H,2-8,11-14H2,1H3,(H,20,22)/t15-,16-/m0/s1. The summed E-state index contributed by atoms with van der Waals surface area (Å²) in [6.07, 6.45) is 7.74. The molecular formula is C19H30N2O5S. The highest BCUT2D eigenvalue weighted by atomic mass is 32.2. The molecule has 1 aliphatic carbocycles. The molecule has 1 N–H and O–H groups in total. The summed E-state index contributed by atoms with van der Waals surface area (Å²) >= 11 is 0. The second kappa shape index (κ2) is 9.21. The van der Waals surface area contributed by atoms with E-state index in [-0.39, 0.29) is 17.0 Å². The van der Waals surface area contributed by atoms with E-state index in [4.69, 9.17) is 9.15 Å². The molecule has 2 atom stereocenters. The van der Waals surface area contributed by atoms with E-state index in [2.05, 4.69) is 12.2 Å². The summed E-state index contributed by atoms with van der Waals surface area (Å²) in [4.78, 5) is 12.2. The van der Waals surface area contributed by atoms with Crippen molar-refractivity contribution in [3.63, 3.8) is 0 Å². The highest BCUT2D eigenvalue weighted by molar-refractivity contribution is 7.89. The lowest BCUT2D eigenvalue weighted by Crippen LogP contribution is -2.35. The lowest BCUT2D eigenvalue weighted by molar-refractivity contribution is -0.00301. The minimum absolute atomic E-state index is 0.0108. The van der Waals surface area contributed by atoms with Gasteiger partial charge in [-0.1, -0.05) is 26.2 Å². The lowest BCUT2D eigenvalue weighted by atomic mass is 9.88. The van der Waals surface area contributed by atoms with Crippen LogP contribution in [0.2, 0.25) is 0 Å². The maximum atomic E-state index is 12.6. The fourth-order valence-corrected chi connectivity index (χ4v) is 5.23. The normalized spacial score (nSPS) is 24.6. The third-order valence-corrected chi connectivity index (χ3v) is 7.24. The molecule has 0 spiro atoms. The van der Waals surface area contributed by atoms with Crippen LogP contribution in [0.3, 0.4) is 0 Å². The van der Waals surface area contributed by atoms with Crippen LogP contribution in [0.25, 0.3) is 0 Å². The molecule has 0 radical (unpaired) electrons. The SMILES string of the molecule is C[C@H]1CCCC[C@@H]1OCCNC(=O)c1ccc(S(=O)(=O)N2CCCCC2)o1. The van der Waals surface area contributed by atoms with Crippen LogP contribution in [0.5, 0.6) is 0 Å². The van der Waals surface area contributed by atoms with E-state index in [9.17, 15) is 13.2 Å². The highest BCUT2D eigenvalue weighted by Gasteiger charge is 2.29. The zero-order chi connectivity index (χ0) is 19.3. The van der Waals surface area contributed by atoms with Crippen molar-refractivity contribution >= 4 is 15.9 Å². The Kier molecular flexibility index (Phi) is 6.94. The van der Waals surface area contributed by atoms with Gasteiger partial charge in [-0.15, -0.1) is 0 Å². The van der Waals surface area contributed by atoms with Crippen molar-refractivity contribution in [3.8, 4) is 0 Å². The summed E-state index contributed by atoms with van der Waals surface area (Å²) in [5.74, 6) is 0.147. The quantitative estimate of drug-likeness (QED) is 0.714. The van der Waals surface area contributed by atoms with Crippen LogP contribution >= 0.6 is 0 Å². The number of carbonyl (C=O) groups is 1. The number of ether oxygens (including phenoxy) is 1. The minimum Gasteiger partial charge on any atom is -0.438 e. The van der Waals surface area contributed by atoms with E-state index in [0.29, 0.717) is 32.2 Å². The Labute approximate surface area is 161 Å². The average molecular weight is 399 g/mol. The molecule has 0 aromatic carbocycles. The van der Waals surface area contributed by atoms with Gasteiger partial charge in [0, 0.05) is 19.6 Å². The summed E-state index contributed by atoms with van der Waals surface area (Å²) < 4.78 is 37.8. The predicted octanol–water partition coefficient (Wildman–Crippen LogP) is 2.78. The van der Waals surface area contributed by atoms with Gasteiger partial charge in [0.1, 0.15) is 0 Å². The first-order chi connectivity index (χ1) is 13.0. The Morgan fingerprint density at radius 2 is 1.93 bits per heavy atom. The Morgan fingerprint density at radius 1 is 1.19 bits per heavy atom. The Morgan fingerprint density at radius 3 is 2.67 bits per heavy atom. The monoisotopic (exact) mass is 398 g/mol. The Balaban J connectivity index is 1.48. The molecular weight excluding hydrogens is 368 g/mol. The van der Waals surface area contributed by atoms with Crippen LogP contribution in [0.15, 0.2) is 21.6 Å². The van der Waals surface area contributed by atoms with Crippen LogP contribution in [-0.2, 0) is 14.8 Å². The topological polar surface area (TPSA) is 88.8 Å². The third kappa shape index (κ3) is 5.12. The van der Waals surface area contributed by atoms with E-state index in [0.717, 1.165) is 25.7 Å². The van der Waals surface area contributed by atoms with E-state index < -0.39 is 15.9 Å². The van der Waals surface area contributed by atoms with Gasteiger partial charge in [0.25, 0.3) is 15.9 Å². The molecule has 1 aliphatic heterocycles. The van der Waals surface area contributed by atoms with Gasteiger partial charge in [-0.25, -0.2) is 8.42 Å². The highest BCUT2D eigenvalue weighted by Crippen LogP contribution is 2.26. The Hall–Kier alpha value is -1.38. The van der Waals surface area contributed by atoms with Crippen LogP contribution in [0, 0.1) is 5.92 Å². The number of piperidine rings is 1. The van der Waals surface area contributed by atoms with Crippen LogP contribution in [-0.4, -0.2) is 51.0 Å². The molecule has 1 aromatic heterocycles. The smallest absolute Gasteiger partial charge is 0.287 e. The van der Waals surface area contributed by atoms with Crippen molar-refractivity contribution in [2.45, 2.75) is 63.1 Å². The number of sulfonamides is 1. The number of nitrogens with zero attached hydrogens (tertiary/aromatic N) is 1. The van der Waals surface area contributed by atoms with Crippen molar-refractivity contribution in [2.75, 3.05) is 26.2 Å². The average Bonchev–Trinajstić information content (AvgIpc) is 3.18. The molecule has 2 fully saturated rings. The van der Waals surface area contributed by atoms with Crippen molar-refractivity contribution in [1.29, 1.82) is 0 Å². The molecule has 3 rings (SSSR count). The number of amides is 1. The second-order valence-corrected chi connectivity index (χ2v) is 9.38. The number of hydrogen-bond donors (Lipinski definition) is 1. The van der Waals surface area contributed by atoms with Crippen LogP contribution < -0.4 is 5.32 Å². The van der Waals surface area contributed by atoms with Gasteiger partial charge in [0.2, 0.25) is 5.09 Å². The molecule has 2 aliphatic rings. The summed E-state index contributed by atoms with van der Waals surface area (Å²) in [6, 6.07) is 2.77. The zero-order valence-corrected chi connectivity index (χ0v) is 16.8. The first-order valence-corrected chi connectivity index (χ1v) is 11.4. The maximum absolute atomic E-state index is 12.6. The fraction of sp³-hybridized carbons (Fsp3) is 0.737. The second-order valence-electron chi connectivity index (χ2n) is 7.51. The molecule has 0 unspecified atom stereocenters. The van der Waals surface area contributed by atoms with Gasteiger partial charge in [0.05, 0.1) is 12.7 Å². The van der Waals surface area contributed by atoms with Gasteiger partial charge in [-0.05, 0) is 43.7 Å². The number of furan rings is 1. The number of carbonyl (C=O) groups excluding carboxylic acids is 1. The van der Waals surface area contributed by atoms with Gasteiger partial charge in [0.15, 0.2) is 5.76 Å². The fourth-order valence-electron chi connectivity index (χ4n) is 3.81. The molecule has 1 saturated heterocycles. The van der Waals surface area contributed by atoms with E-state index in [1.54, 1.807) is 0 Å². The molecule has 0 bridgehead atoms. The molecule has 2 heterocycles. The number of nitrogens with one attached hydrogen (secondary N) is 1. The molecule has 1 amide bonds. The first-order valence-electron chi connectivity index (χ1n) is 9.98. The van der Waals surface area contributed by atoms with Crippen molar-refractivity contribution in [3.05, 3.63) is 17.9 Å². The lowest BCUT2D eigenvalue weighted by Gasteiger charge is -2.28. The summed E-state index contributed by atoms with van der Waals surface area (Å²) in [7, 11) is -3.66. The van der Waals surface area contributed by atoms with E-state index >= 15 is 0 Å². The zero-order valence-electron chi connectivity index (χ0n) is 16.0. The van der Waals surface area contributed by atoms with Gasteiger partial charge < -0.3 is 14.5 Å². The Bertz CT molecular complexity index is 724. The van der Waals surface area contributed by atoms with Gasteiger partial charge in [-0.3, -0.25) is 4.79 Å². The minimum atomic E-state index is -3.66. The van der Waals surface area contributed by atoms with Gasteiger partial charge >= 0.3 is 0 Å². The van der Waals surface area contributed by atoms with E-state index in [1.165, 1.54) is 35.7 Å². The summed E-state index contributed by atoms with van der Waals surface area (Å²) in [5, 5.41) is 2.57. The van der Waals surface area contributed by atoms with Gasteiger partial charge in [-0.2, -0.15) is 4.31 Å². The molecule has 1 saturated carbocycles. The van der Waals surface area contributed by atoms with Crippen molar-refractivity contribution < 1.29 is 22.4 Å². The first kappa shape index (κ1) is 20.4. The van der Waals surface area contributed by atoms with E-state index in [1.807, 2.05) is 0 Å². The van der Waals surface area contributed by atoms with Crippen LogP contribution in [0.1, 0.15) is 62.4 Å². The van der Waals surface area contributed by atoms with Crippen molar-refractivity contribution in [1.82, 2.24) is 9.62 Å².